The molecule has 6 heteroatoms. The monoisotopic (exact) mass is 995 g/mol. The molecular formula is C65H118O6. The number of hydrogen-bond acceptors (Lipinski definition) is 6. The van der Waals surface area contributed by atoms with Crippen LogP contribution in [0.25, 0.3) is 0 Å². The van der Waals surface area contributed by atoms with E-state index in [-0.39, 0.29) is 31.1 Å². The maximum atomic E-state index is 12.9. The standard InChI is InChI=1S/C65H118O6/c1-4-7-10-13-16-19-22-25-27-28-29-30-31-32-33-34-35-36-38-40-43-46-49-52-55-58-64(67)70-61-62(60-69-63(66)57-54-51-48-45-42-39-24-21-18-15-12-9-6-3)71-65(68)59-56-53-50-47-44-41-37-26-23-20-17-14-11-8-5-2/h8,11,17,20,26,28-29,37,62H,4-7,9-10,12-16,18-19,21-25,27,30-36,38-61H2,1-3H3/b11-8-,20-17-,29-28-,37-26-. The van der Waals surface area contributed by atoms with Gasteiger partial charge in [0, 0.05) is 19.3 Å². The lowest BCUT2D eigenvalue weighted by atomic mass is 10.0. The van der Waals surface area contributed by atoms with Gasteiger partial charge in [-0.2, -0.15) is 0 Å². The van der Waals surface area contributed by atoms with E-state index in [4.69, 9.17) is 14.2 Å². The van der Waals surface area contributed by atoms with Gasteiger partial charge < -0.3 is 14.2 Å². The van der Waals surface area contributed by atoms with Gasteiger partial charge in [-0.25, -0.2) is 0 Å². The fraction of sp³-hybridized carbons (Fsp3) is 0.831. The lowest BCUT2D eigenvalue weighted by Gasteiger charge is -2.18. The Morgan fingerprint density at radius 3 is 0.873 bits per heavy atom. The molecule has 0 bridgehead atoms. The third kappa shape index (κ3) is 58.1. The third-order valence-electron chi connectivity index (χ3n) is 13.8. The first-order valence-corrected chi connectivity index (χ1v) is 31.1. The minimum atomic E-state index is -0.780. The van der Waals surface area contributed by atoms with Crippen molar-refractivity contribution in [1.29, 1.82) is 0 Å². The average molecular weight is 996 g/mol. The fourth-order valence-corrected chi connectivity index (χ4v) is 9.16. The van der Waals surface area contributed by atoms with Crippen LogP contribution in [0.15, 0.2) is 48.6 Å². The normalized spacial score (nSPS) is 12.3. The van der Waals surface area contributed by atoms with Crippen molar-refractivity contribution in [3.8, 4) is 0 Å². The molecule has 6 nitrogen and oxygen atoms in total. The van der Waals surface area contributed by atoms with Crippen molar-refractivity contribution >= 4 is 17.9 Å². The predicted octanol–water partition coefficient (Wildman–Crippen LogP) is 21.0. The molecule has 414 valence electrons. The highest BCUT2D eigenvalue weighted by atomic mass is 16.6. The van der Waals surface area contributed by atoms with Gasteiger partial charge in [0.15, 0.2) is 6.10 Å². The molecule has 0 rings (SSSR count). The molecular weight excluding hydrogens is 877 g/mol. The summed E-state index contributed by atoms with van der Waals surface area (Å²) in [6.07, 6.45) is 74.1. The Balaban J connectivity index is 4.24. The van der Waals surface area contributed by atoms with Crippen LogP contribution in [0.2, 0.25) is 0 Å². The van der Waals surface area contributed by atoms with Crippen molar-refractivity contribution in [2.45, 2.75) is 335 Å². The molecule has 0 amide bonds. The minimum Gasteiger partial charge on any atom is -0.462 e. The molecule has 1 atom stereocenters. The maximum Gasteiger partial charge on any atom is 0.306 e. The molecule has 0 radical (unpaired) electrons. The fourth-order valence-electron chi connectivity index (χ4n) is 9.16. The first kappa shape index (κ1) is 68.4. The highest BCUT2D eigenvalue weighted by Crippen LogP contribution is 2.17. The van der Waals surface area contributed by atoms with Gasteiger partial charge >= 0.3 is 17.9 Å². The zero-order valence-corrected chi connectivity index (χ0v) is 47.5. The SMILES string of the molecule is CC/C=C\C/C=C\C/C=C\CCCCCCCC(=O)OC(COC(=O)CCCCCCCCCCCCCCC)COC(=O)CCCCCCCCCCCCCCC/C=C\CCCCCCCCCC. The lowest BCUT2D eigenvalue weighted by molar-refractivity contribution is -0.167. The van der Waals surface area contributed by atoms with E-state index in [1.54, 1.807) is 0 Å². The second-order valence-electron chi connectivity index (χ2n) is 20.9. The number of carbonyl (C=O) groups excluding carboxylic acids is 3. The number of unbranched alkanes of at least 4 members (excludes halogenated alkanes) is 38. The highest BCUT2D eigenvalue weighted by Gasteiger charge is 2.19. The molecule has 0 aromatic heterocycles. The second-order valence-corrected chi connectivity index (χ2v) is 20.9. The van der Waals surface area contributed by atoms with Gasteiger partial charge in [0.1, 0.15) is 13.2 Å². The van der Waals surface area contributed by atoms with Crippen molar-refractivity contribution in [2.75, 3.05) is 13.2 Å². The number of hydrogen-bond donors (Lipinski definition) is 0. The third-order valence-corrected chi connectivity index (χ3v) is 13.8. The summed E-state index contributed by atoms with van der Waals surface area (Å²) < 4.78 is 16.9. The molecule has 0 N–H and O–H groups in total. The van der Waals surface area contributed by atoms with Crippen molar-refractivity contribution in [3.63, 3.8) is 0 Å². The Morgan fingerprint density at radius 2 is 0.549 bits per heavy atom. The smallest absolute Gasteiger partial charge is 0.306 e. The van der Waals surface area contributed by atoms with Crippen LogP contribution in [-0.2, 0) is 28.6 Å². The summed E-state index contributed by atoms with van der Waals surface area (Å²) in [5, 5.41) is 0. The summed E-state index contributed by atoms with van der Waals surface area (Å²) in [6.45, 7) is 6.56. The molecule has 0 saturated carbocycles. The first-order chi connectivity index (χ1) is 35.0. The zero-order valence-electron chi connectivity index (χ0n) is 47.5. The molecule has 0 aliphatic carbocycles. The van der Waals surface area contributed by atoms with Gasteiger partial charge in [-0.1, -0.05) is 281 Å². The number of ether oxygens (including phenoxy) is 3. The van der Waals surface area contributed by atoms with Crippen LogP contribution in [0, 0.1) is 0 Å². The second kappa shape index (κ2) is 59.9. The van der Waals surface area contributed by atoms with E-state index >= 15 is 0 Å². The van der Waals surface area contributed by atoms with Crippen LogP contribution in [0.1, 0.15) is 329 Å². The van der Waals surface area contributed by atoms with Crippen molar-refractivity contribution in [3.05, 3.63) is 48.6 Å². The summed E-state index contributed by atoms with van der Waals surface area (Å²) >= 11 is 0. The Labute approximate surface area is 441 Å². The topological polar surface area (TPSA) is 78.9 Å². The van der Waals surface area contributed by atoms with E-state index in [1.165, 1.54) is 193 Å². The molecule has 0 aromatic rings. The van der Waals surface area contributed by atoms with Gasteiger partial charge in [0.2, 0.25) is 0 Å². The Morgan fingerprint density at radius 1 is 0.296 bits per heavy atom. The summed E-state index contributed by atoms with van der Waals surface area (Å²) in [4.78, 5) is 38.2. The average Bonchev–Trinajstić information content (AvgIpc) is 3.37. The van der Waals surface area contributed by atoms with Crippen LogP contribution in [-0.4, -0.2) is 37.2 Å². The van der Waals surface area contributed by atoms with E-state index in [9.17, 15) is 14.4 Å². The Hall–Kier alpha value is -2.63. The summed E-state index contributed by atoms with van der Waals surface area (Å²) in [7, 11) is 0. The number of rotatable bonds is 57. The highest BCUT2D eigenvalue weighted by molar-refractivity contribution is 5.71. The molecule has 0 spiro atoms. The van der Waals surface area contributed by atoms with Crippen LogP contribution >= 0.6 is 0 Å². The van der Waals surface area contributed by atoms with Crippen LogP contribution in [0.5, 0.6) is 0 Å². The van der Waals surface area contributed by atoms with Crippen molar-refractivity contribution < 1.29 is 28.6 Å². The first-order valence-electron chi connectivity index (χ1n) is 31.1. The Kier molecular flexibility index (Phi) is 57.7. The van der Waals surface area contributed by atoms with Gasteiger partial charge in [0.25, 0.3) is 0 Å². The molecule has 0 saturated heterocycles. The van der Waals surface area contributed by atoms with E-state index in [2.05, 4.69) is 69.4 Å². The molecule has 0 heterocycles. The largest absolute Gasteiger partial charge is 0.462 e. The van der Waals surface area contributed by atoms with Gasteiger partial charge in [0.05, 0.1) is 0 Å². The molecule has 0 aromatic carbocycles. The summed E-state index contributed by atoms with van der Waals surface area (Å²) in [6, 6.07) is 0. The van der Waals surface area contributed by atoms with E-state index in [1.807, 2.05) is 0 Å². The number of allylic oxidation sites excluding steroid dienone is 8. The molecule has 1 unspecified atom stereocenters. The summed E-state index contributed by atoms with van der Waals surface area (Å²) in [5.41, 5.74) is 0. The zero-order chi connectivity index (χ0) is 51.4. The molecule has 0 aliphatic heterocycles. The van der Waals surface area contributed by atoms with Crippen LogP contribution < -0.4 is 0 Å². The van der Waals surface area contributed by atoms with Gasteiger partial charge in [-0.15, -0.1) is 0 Å². The van der Waals surface area contributed by atoms with E-state index < -0.39 is 6.10 Å². The molecule has 71 heavy (non-hydrogen) atoms. The van der Waals surface area contributed by atoms with Crippen molar-refractivity contribution in [2.24, 2.45) is 0 Å². The van der Waals surface area contributed by atoms with Crippen LogP contribution in [0.4, 0.5) is 0 Å². The summed E-state index contributed by atoms with van der Waals surface area (Å²) in [5.74, 6) is -0.876. The number of carbonyl (C=O) groups is 3. The van der Waals surface area contributed by atoms with E-state index in [0.29, 0.717) is 19.3 Å². The maximum absolute atomic E-state index is 12.9. The van der Waals surface area contributed by atoms with Crippen LogP contribution in [0.3, 0.4) is 0 Å². The predicted molar refractivity (Wildman–Crippen MR) is 307 cm³/mol. The molecule has 0 fully saturated rings. The molecule has 0 aliphatic rings. The van der Waals surface area contributed by atoms with Gasteiger partial charge in [-0.05, 0) is 77.0 Å². The quantitative estimate of drug-likeness (QED) is 0.0261. The lowest BCUT2D eigenvalue weighted by Crippen LogP contribution is -2.30. The van der Waals surface area contributed by atoms with Gasteiger partial charge in [-0.3, -0.25) is 14.4 Å². The Bertz CT molecular complexity index is 1230. The van der Waals surface area contributed by atoms with Crippen molar-refractivity contribution in [1.82, 2.24) is 0 Å². The number of esters is 3. The minimum absolute atomic E-state index is 0.0766. The van der Waals surface area contributed by atoms with E-state index in [0.717, 1.165) is 96.3 Å².